The first-order valence-electron chi connectivity index (χ1n) is 5.59. The van der Waals surface area contributed by atoms with Crippen molar-refractivity contribution in [2.75, 3.05) is 11.1 Å². The lowest BCUT2D eigenvalue weighted by molar-refractivity contribution is -0.383. The zero-order valence-corrected chi connectivity index (χ0v) is 11.8. The third kappa shape index (κ3) is 2.94. The van der Waals surface area contributed by atoms with Crippen LogP contribution in [0.1, 0.15) is 10.4 Å². The highest BCUT2D eigenvalue weighted by atomic mass is 79.9. The third-order valence-electron chi connectivity index (χ3n) is 2.58. The molecule has 20 heavy (non-hydrogen) atoms. The van der Waals surface area contributed by atoms with E-state index >= 15 is 0 Å². The molecule has 2 rings (SSSR count). The Bertz CT molecular complexity index is 688. The predicted octanol–water partition coefficient (Wildman–Crippen LogP) is 3.19. The first kappa shape index (κ1) is 14.0. The van der Waals surface area contributed by atoms with Gasteiger partial charge in [-0.25, -0.2) is 0 Å². The molecular formula is C13H10BrN3O3. The molecule has 0 spiro atoms. The van der Waals surface area contributed by atoms with E-state index in [4.69, 9.17) is 5.73 Å². The number of para-hydroxylation sites is 2. The lowest BCUT2D eigenvalue weighted by atomic mass is 10.2. The smallest absolute Gasteiger partial charge is 0.292 e. The monoisotopic (exact) mass is 335 g/mol. The van der Waals surface area contributed by atoms with Crippen molar-refractivity contribution in [3.05, 3.63) is 62.6 Å². The average molecular weight is 336 g/mol. The molecule has 3 N–H and O–H groups in total. The Morgan fingerprint density at radius 1 is 1.25 bits per heavy atom. The van der Waals surface area contributed by atoms with Crippen LogP contribution in [0.25, 0.3) is 0 Å². The summed E-state index contributed by atoms with van der Waals surface area (Å²) in [5, 5.41) is 13.4. The first-order chi connectivity index (χ1) is 9.49. The van der Waals surface area contributed by atoms with Crippen molar-refractivity contribution in [2.45, 2.75) is 0 Å². The number of carbonyl (C=O) groups excluding carboxylic acids is 1. The second kappa shape index (κ2) is 5.70. The van der Waals surface area contributed by atoms with Crippen LogP contribution in [-0.2, 0) is 0 Å². The number of nitrogens with zero attached hydrogens (tertiary/aromatic N) is 1. The van der Waals surface area contributed by atoms with Gasteiger partial charge in [-0.1, -0.05) is 12.1 Å². The van der Waals surface area contributed by atoms with Gasteiger partial charge in [-0.3, -0.25) is 14.9 Å². The van der Waals surface area contributed by atoms with Gasteiger partial charge >= 0.3 is 0 Å². The third-order valence-corrected chi connectivity index (χ3v) is 3.28. The maximum Gasteiger partial charge on any atom is 0.292 e. The molecule has 2 aromatic rings. The van der Waals surface area contributed by atoms with Crippen LogP contribution in [0.15, 0.2) is 46.9 Å². The fourth-order valence-corrected chi connectivity index (χ4v) is 2.07. The summed E-state index contributed by atoms with van der Waals surface area (Å²) >= 11 is 3.24. The summed E-state index contributed by atoms with van der Waals surface area (Å²) in [5.41, 5.74) is 6.34. The van der Waals surface area contributed by atoms with E-state index in [1.165, 1.54) is 24.3 Å². The molecule has 0 fully saturated rings. The van der Waals surface area contributed by atoms with E-state index in [9.17, 15) is 14.9 Å². The van der Waals surface area contributed by atoms with Crippen molar-refractivity contribution < 1.29 is 9.72 Å². The number of hydrogen-bond acceptors (Lipinski definition) is 4. The van der Waals surface area contributed by atoms with E-state index in [0.717, 1.165) is 0 Å². The van der Waals surface area contributed by atoms with Gasteiger partial charge in [0, 0.05) is 16.2 Å². The number of hydrogen-bond donors (Lipinski definition) is 2. The molecule has 0 atom stereocenters. The van der Waals surface area contributed by atoms with Gasteiger partial charge in [-0.2, -0.15) is 0 Å². The second-order valence-electron chi connectivity index (χ2n) is 3.97. The molecule has 2 aromatic carbocycles. The standard InChI is InChI=1S/C13H10BrN3O3/c14-10-6-5-8(15)7-9(10)13(18)16-11-3-1-2-4-12(11)17(19)20/h1-7H,15H2,(H,16,18). The Balaban J connectivity index is 2.33. The molecule has 0 saturated carbocycles. The van der Waals surface area contributed by atoms with Gasteiger partial charge in [0.25, 0.3) is 11.6 Å². The van der Waals surface area contributed by atoms with Crippen LogP contribution in [0.2, 0.25) is 0 Å². The van der Waals surface area contributed by atoms with Gasteiger partial charge in [0.15, 0.2) is 0 Å². The molecule has 0 unspecified atom stereocenters. The first-order valence-corrected chi connectivity index (χ1v) is 6.38. The van der Waals surface area contributed by atoms with Crippen molar-refractivity contribution in [3.8, 4) is 0 Å². The topological polar surface area (TPSA) is 98.3 Å². The second-order valence-corrected chi connectivity index (χ2v) is 4.82. The van der Waals surface area contributed by atoms with E-state index in [1.54, 1.807) is 18.2 Å². The summed E-state index contributed by atoms with van der Waals surface area (Å²) in [4.78, 5) is 22.5. The normalized spacial score (nSPS) is 10.1. The van der Waals surface area contributed by atoms with Crippen LogP contribution in [-0.4, -0.2) is 10.8 Å². The summed E-state index contributed by atoms with van der Waals surface area (Å²) in [6, 6.07) is 10.7. The lowest BCUT2D eigenvalue weighted by Crippen LogP contribution is -2.14. The number of nitro benzene ring substituents is 1. The maximum absolute atomic E-state index is 12.1. The molecule has 0 aliphatic rings. The Morgan fingerprint density at radius 2 is 1.95 bits per heavy atom. The Labute approximate surface area is 122 Å². The minimum Gasteiger partial charge on any atom is -0.399 e. The number of nitrogen functional groups attached to an aromatic ring is 1. The SMILES string of the molecule is Nc1ccc(Br)c(C(=O)Nc2ccccc2[N+](=O)[O-])c1. The number of anilines is 2. The molecule has 102 valence electrons. The van der Waals surface area contributed by atoms with Crippen LogP contribution >= 0.6 is 15.9 Å². The van der Waals surface area contributed by atoms with Gasteiger partial charge in [0.2, 0.25) is 0 Å². The van der Waals surface area contributed by atoms with Crippen molar-refractivity contribution in [1.29, 1.82) is 0 Å². The number of amides is 1. The minimum absolute atomic E-state index is 0.136. The summed E-state index contributed by atoms with van der Waals surface area (Å²) < 4.78 is 0.558. The highest BCUT2D eigenvalue weighted by Gasteiger charge is 2.17. The van der Waals surface area contributed by atoms with Crippen molar-refractivity contribution in [1.82, 2.24) is 0 Å². The van der Waals surface area contributed by atoms with Crippen LogP contribution in [0.5, 0.6) is 0 Å². The molecule has 0 radical (unpaired) electrons. The number of carbonyl (C=O) groups is 1. The number of nitro groups is 1. The molecule has 0 bridgehead atoms. The van der Waals surface area contributed by atoms with Crippen LogP contribution in [0.3, 0.4) is 0 Å². The number of halogens is 1. The Kier molecular flexibility index (Phi) is 3.99. The van der Waals surface area contributed by atoms with E-state index in [-0.39, 0.29) is 11.4 Å². The van der Waals surface area contributed by atoms with Crippen LogP contribution in [0.4, 0.5) is 17.1 Å². The number of benzene rings is 2. The number of rotatable bonds is 3. The molecule has 7 heteroatoms. The zero-order chi connectivity index (χ0) is 14.7. The molecular weight excluding hydrogens is 326 g/mol. The molecule has 0 aliphatic carbocycles. The van der Waals surface area contributed by atoms with Gasteiger partial charge in [0.1, 0.15) is 5.69 Å². The molecule has 0 saturated heterocycles. The quantitative estimate of drug-likeness (QED) is 0.511. The summed E-state index contributed by atoms with van der Waals surface area (Å²) in [5.74, 6) is -0.474. The predicted molar refractivity (Wildman–Crippen MR) is 79.6 cm³/mol. The molecule has 1 amide bonds. The van der Waals surface area contributed by atoms with E-state index < -0.39 is 10.8 Å². The van der Waals surface area contributed by atoms with Crippen molar-refractivity contribution >= 4 is 38.9 Å². The number of nitrogens with one attached hydrogen (secondary N) is 1. The van der Waals surface area contributed by atoms with Crippen LogP contribution < -0.4 is 11.1 Å². The lowest BCUT2D eigenvalue weighted by Gasteiger charge is -2.08. The minimum atomic E-state index is -0.552. The Morgan fingerprint density at radius 3 is 2.65 bits per heavy atom. The summed E-state index contributed by atoms with van der Waals surface area (Å²) in [6.45, 7) is 0. The van der Waals surface area contributed by atoms with Crippen molar-refractivity contribution in [2.24, 2.45) is 0 Å². The van der Waals surface area contributed by atoms with E-state index in [0.29, 0.717) is 15.7 Å². The average Bonchev–Trinajstić information content (AvgIpc) is 2.41. The highest BCUT2D eigenvalue weighted by Crippen LogP contribution is 2.26. The highest BCUT2D eigenvalue weighted by molar-refractivity contribution is 9.10. The van der Waals surface area contributed by atoms with Crippen LogP contribution in [0, 0.1) is 10.1 Å². The van der Waals surface area contributed by atoms with E-state index in [2.05, 4.69) is 21.2 Å². The summed E-state index contributed by atoms with van der Waals surface area (Å²) in [7, 11) is 0. The van der Waals surface area contributed by atoms with E-state index in [1.807, 2.05) is 0 Å². The fourth-order valence-electron chi connectivity index (χ4n) is 1.65. The number of nitrogens with two attached hydrogens (primary N) is 1. The summed E-state index contributed by atoms with van der Waals surface area (Å²) in [6.07, 6.45) is 0. The largest absolute Gasteiger partial charge is 0.399 e. The van der Waals surface area contributed by atoms with Gasteiger partial charge in [0.05, 0.1) is 10.5 Å². The Hall–Kier alpha value is -2.41. The molecule has 6 nitrogen and oxygen atoms in total. The molecule has 0 aromatic heterocycles. The molecule has 0 aliphatic heterocycles. The van der Waals surface area contributed by atoms with Crippen molar-refractivity contribution in [3.63, 3.8) is 0 Å². The maximum atomic E-state index is 12.1. The zero-order valence-electron chi connectivity index (χ0n) is 10.2. The van der Waals surface area contributed by atoms with Gasteiger partial charge in [-0.05, 0) is 40.2 Å². The fraction of sp³-hybridized carbons (Fsp3) is 0. The van der Waals surface area contributed by atoms with Gasteiger partial charge < -0.3 is 11.1 Å². The molecule has 0 heterocycles. The van der Waals surface area contributed by atoms with Gasteiger partial charge in [-0.15, -0.1) is 0 Å².